The Balaban J connectivity index is 3.23. The van der Waals surface area contributed by atoms with Crippen LogP contribution in [0.5, 0.6) is 0 Å². The lowest BCUT2D eigenvalue weighted by atomic mass is 10.3. The minimum absolute atomic E-state index is 0.482. The Kier molecular flexibility index (Phi) is 11.2. The highest BCUT2D eigenvalue weighted by molar-refractivity contribution is 4.63. The molecule has 16 heavy (non-hydrogen) atoms. The zero-order valence-corrected chi connectivity index (χ0v) is 11.3. The highest BCUT2D eigenvalue weighted by atomic mass is 16.5. The Hall–Kier alpha value is -0.160. The van der Waals surface area contributed by atoms with Crippen LogP contribution in [0.15, 0.2) is 0 Å². The third-order valence-electron chi connectivity index (χ3n) is 2.65. The Labute approximate surface area is 100 Å². The number of rotatable bonds is 11. The maximum atomic E-state index is 5.26. The van der Waals surface area contributed by atoms with Crippen LogP contribution in [-0.4, -0.2) is 64.6 Å². The summed E-state index contributed by atoms with van der Waals surface area (Å²) in [6, 6.07) is 0.482. The van der Waals surface area contributed by atoms with Crippen LogP contribution in [0.25, 0.3) is 0 Å². The molecule has 0 saturated heterocycles. The first kappa shape index (κ1) is 15.8. The van der Waals surface area contributed by atoms with Gasteiger partial charge >= 0.3 is 0 Å². The number of nitrogens with zero attached hydrogens (tertiary/aromatic N) is 1. The molecule has 0 rings (SSSR count). The van der Waals surface area contributed by atoms with Crippen LogP contribution in [-0.2, 0) is 9.47 Å². The van der Waals surface area contributed by atoms with Gasteiger partial charge in [-0.25, -0.2) is 0 Å². The Morgan fingerprint density at radius 3 is 2.69 bits per heavy atom. The van der Waals surface area contributed by atoms with E-state index in [2.05, 4.69) is 24.2 Å². The molecule has 0 aromatic carbocycles. The van der Waals surface area contributed by atoms with E-state index in [4.69, 9.17) is 9.47 Å². The summed E-state index contributed by atoms with van der Waals surface area (Å²) in [6.07, 6.45) is 1.09. The van der Waals surface area contributed by atoms with E-state index >= 15 is 0 Å². The van der Waals surface area contributed by atoms with Gasteiger partial charge in [-0.05, 0) is 33.9 Å². The summed E-state index contributed by atoms with van der Waals surface area (Å²) in [4.78, 5) is 2.30. The average Bonchev–Trinajstić information content (AvgIpc) is 2.28. The standard InChI is InChI=1S/C12H28N2O2/c1-5-16-10-6-7-13-8-9-14(3)12(2)11-15-4/h12-13H,5-11H2,1-4H3. The lowest BCUT2D eigenvalue weighted by Crippen LogP contribution is -2.38. The first-order valence-electron chi connectivity index (χ1n) is 6.20. The molecule has 1 N–H and O–H groups in total. The average molecular weight is 232 g/mol. The smallest absolute Gasteiger partial charge is 0.0615 e. The van der Waals surface area contributed by atoms with Crippen molar-refractivity contribution in [2.75, 3.05) is 53.6 Å². The Bertz CT molecular complexity index is 145. The van der Waals surface area contributed by atoms with E-state index in [1.807, 2.05) is 6.92 Å². The fourth-order valence-corrected chi connectivity index (χ4v) is 1.41. The van der Waals surface area contributed by atoms with Crippen molar-refractivity contribution < 1.29 is 9.47 Å². The number of likely N-dealkylation sites (N-methyl/N-ethyl adjacent to an activating group) is 1. The SMILES string of the molecule is CCOCCCNCCN(C)C(C)COC. The van der Waals surface area contributed by atoms with Gasteiger partial charge in [-0.3, -0.25) is 0 Å². The van der Waals surface area contributed by atoms with Gasteiger partial charge < -0.3 is 19.7 Å². The van der Waals surface area contributed by atoms with Crippen LogP contribution < -0.4 is 5.32 Å². The monoisotopic (exact) mass is 232 g/mol. The van der Waals surface area contributed by atoms with Gasteiger partial charge in [0.25, 0.3) is 0 Å². The summed E-state index contributed by atoms with van der Waals surface area (Å²) in [5.41, 5.74) is 0. The largest absolute Gasteiger partial charge is 0.383 e. The van der Waals surface area contributed by atoms with E-state index in [1.165, 1.54) is 0 Å². The van der Waals surface area contributed by atoms with Gasteiger partial charge in [-0.1, -0.05) is 0 Å². The van der Waals surface area contributed by atoms with Crippen molar-refractivity contribution >= 4 is 0 Å². The van der Waals surface area contributed by atoms with E-state index in [1.54, 1.807) is 7.11 Å². The summed E-state index contributed by atoms with van der Waals surface area (Å²) in [7, 11) is 3.88. The minimum Gasteiger partial charge on any atom is -0.383 e. The summed E-state index contributed by atoms with van der Waals surface area (Å²) >= 11 is 0. The van der Waals surface area contributed by atoms with Crippen LogP contribution in [0.4, 0.5) is 0 Å². The topological polar surface area (TPSA) is 33.7 Å². The van der Waals surface area contributed by atoms with Crippen molar-refractivity contribution in [3.05, 3.63) is 0 Å². The van der Waals surface area contributed by atoms with Gasteiger partial charge in [-0.15, -0.1) is 0 Å². The van der Waals surface area contributed by atoms with Gasteiger partial charge in [0.05, 0.1) is 6.61 Å². The van der Waals surface area contributed by atoms with Crippen molar-refractivity contribution in [3.8, 4) is 0 Å². The maximum absolute atomic E-state index is 5.26. The maximum Gasteiger partial charge on any atom is 0.0615 e. The molecule has 0 aliphatic rings. The molecule has 1 unspecified atom stereocenters. The van der Waals surface area contributed by atoms with Crippen LogP contribution in [0.2, 0.25) is 0 Å². The normalized spacial score (nSPS) is 13.3. The van der Waals surface area contributed by atoms with Crippen molar-refractivity contribution in [1.82, 2.24) is 10.2 Å². The molecule has 0 bridgehead atoms. The molecule has 0 radical (unpaired) electrons. The second kappa shape index (κ2) is 11.3. The van der Waals surface area contributed by atoms with E-state index in [-0.39, 0.29) is 0 Å². The molecule has 1 atom stereocenters. The molecule has 0 aliphatic carbocycles. The first-order chi connectivity index (χ1) is 7.72. The Morgan fingerprint density at radius 1 is 1.31 bits per heavy atom. The van der Waals surface area contributed by atoms with Gasteiger partial charge in [0.15, 0.2) is 0 Å². The molecule has 0 aromatic heterocycles. The summed E-state index contributed by atoms with van der Waals surface area (Å²) in [6.45, 7) is 9.79. The molecule has 0 amide bonds. The fraction of sp³-hybridized carbons (Fsp3) is 1.00. The molecule has 0 aromatic rings. The van der Waals surface area contributed by atoms with Gasteiger partial charge in [-0.2, -0.15) is 0 Å². The molecule has 0 spiro atoms. The van der Waals surface area contributed by atoms with E-state index in [0.29, 0.717) is 6.04 Å². The lowest BCUT2D eigenvalue weighted by Gasteiger charge is -2.23. The van der Waals surface area contributed by atoms with Crippen LogP contribution in [0.3, 0.4) is 0 Å². The predicted molar refractivity (Wildman–Crippen MR) is 67.9 cm³/mol. The predicted octanol–water partition coefficient (Wildman–Crippen LogP) is 0.969. The van der Waals surface area contributed by atoms with Crippen molar-refractivity contribution in [2.24, 2.45) is 0 Å². The van der Waals surface area contributed by atoms with Crippen molar-refractivity contribution in [2.45, 2.75) is 26.3 Å². The molecule has 4 nitrogen and oxygen atoms in total. The van der Waals surface area contributed by atoms with Crippen LogP contribution in [0.1, 0.15) is 20.3 Å². The molecule has 98 valence electrons. The zero-order chi connectivity index (χ0) is 12.2. The van der Waals surface area contributed by atoms with Gasteiger partial charge in [0, 0.05) is 39.5 Å². The number of ether oxygens (including phenoxy) is 2. The molecule has 0 fully saturated rings. The Morgan fingerprint density at radius 2 is 2.06 bits per heavy atom. The molecule has 0 aliphatic heterocycles. The highest BCUT2D eigenvalue weighted by Crippen LogP contribution is 1.94. The number of nitrogens with one attached hydrogen (secondary N) is 1. The second-order valence-electron chi connectivity index (χ2n) is 4.09. The third-order valence-corrected chi connectivity index (χ3v) is 2.65. The number of methoxy groups -OCH3 is 1. The highest BCUT2D eigenvalue weighted by Gasteiger charge is 2.07. The number of hydrogen-bond donors (Lipinski definition) is 1. The molecular formula is C12H28N2O2. The third kappa shape index (κ3) is 9.09. The van der Waals surface area contributed by atoms with Crippen LogP contribution in [0, 0.1) is 0 Å². The lowest BCUT2D eigenvalue weighted by molar-refractivity contribution is 0.115. The van der Waals surface area contributed by atoms with Crippen molar-refractivity contribution in [1.29, 1.82) is 0 Å². The summed E-state index contributed by atoms with van der Waals surface area (Å²) in [5.74, 6) is 0. The van der Waals surface area contributed by atoms with Gasteiger partial charge in [0.2, 0.25) is 0 Å². The molecular weight excluding hydrogens is 204 g/mol. The first-order valence-corrected chi connectivity index (χ1v) is 6.20. The van der Waals surface area contributed by atoms with E-state index < -0.39 is 0 Å². The second-order valence-corrected chi connectivity index (χ2v) is 4.09. The van der Waals surface area contributed by atoms with E-state index in [9.17, 15) is 0 Å². The fourth-order valence-electron chi connectivity index (χ4n) is 1.41. The zero-order valence-electron chi connectivity index (χ0n) is 11.3. The molecule has 0 heterocycles. The number of hydrogen-bond acceptors (Lipinski definition) is 4. The summed E-state index contributed by atoms with van der Waals surface area (Å²) < 4.78 is 10.4. The van der Waals surface area contributed by atoms with E-state index in [0.717, 1.165) is 45.9 Å². The van der Waals surface area contributed by atoms with Crippen LogP contribution >= 0.6 is 0 Å². The quantitative estimate of drug-likeness (QED) is 0.538. The summed E-state index contributed by atoms with van der Waals surface area (Å²) in [5, 5.41) is 3.41. The molecule has 0 saturated carbocycles. The van der Waals surface area contributed by atoms with Crippen molar-refractivity contribution in [3.63, 3.8) is 0 Å². The minimum atomic E-state index is 0.482. The van der Waals surface area contributed by atoms with Gasteiger partial charge in [0.1, 0.15) is 0 Å². The molecule has 4 heteroatoms.